The van der Waals surface area contributed by atoms with Gasteiger partial charge in [-0.15, -0.1) is 0 Å². The molecule has 0 amide bonds. The Labute approximate surface area is 164 Å². The SMILES string of the molecule is CN=C(NCC1(N2CCCC2)CCOCC1)NC1C2CCCOC2C1(C)C. The molecular weight excluding hydrogens is 340 g/mol. The molecule has 3 saturated heterocycles. The van der Waals surface area contributed by atoms with E-state index in [1.807, 2.05) is 7.05 Å². The summed E-state index contributed by atoms with van der Waals surface area (Å²) in [6.07, 6.45) is 7.73. The summed E-state index contributed by atoms with van der Waals surface area (Å²) in [6.45, 7) is 10.7. The highest BCUT2D eigenvalue weighted by atomic mass is 16.5. The van der Waals surface area contributed by atoms with Crippen LogP contribution in [0.1, 0.15) is 52.4 Å². The van der Waals surface area contributed by atoms with Crippen molar-refractivity contribution in [1.29, 1.82) is 0 Å². The van der Waals surface area contributed by atoms with Crippen LogP contribution < -0.4 is 10.6 Å². The van der Waals surface area contributed by atoms with E-state index in [0.29, 0.717) is 18.1 Å². The van der Waals surface area contributed by atoms with Gasteiger partial charge in [0.1, 0.15) is 0 Å². The molecule has 3 unspecified atom stereocenters. The number of nitrogens with zero attached hydrogens (tertiary/aromatic N) is 2. The number of aliphatic imine (C=N–C) groups is 1. The molecule has 1 aliphatic carbocycles. The van der Waals surface area contributed by atoms with Crippen LogP contribution in [0.15, 0.2) is 4.99 Å². The fourth-order valence-corrected chi connectivity index (χ4v) is 5.95. The van der Waals surface area contributed by atoms with Gasteiger partial charge in [0.25, 0.3) is 0 Å². The minimum atomic E-state index is 0.161. The molecule has 1 saturated carbocycles. The van der Waals surface area contributed by atoms with Gasteiger partial charge in [0.15, 0.2) is 5.96 Å². The van der Waals surface area contributed by atoms with Crippen LogP contribution in [0.2, 0.25) is 0 Å². The van der Waals surface area contributed by atoms with Gasteiger partial charge in [-0.3, -0.25) is 9.89 Å². The lowest BCUT2D eigenvalue weighted by Crippen LogP contribution is -2.71. The average molecular weight is 379 g/mol. The molecule has 3 aliphatic heterocycles. The Kier molecular flexibility index (Phi) is 5.68. The lowest BCUT2D eigenvalue weighted by Gasteiger charge is -2.60. The van der Waals surface area contributed by atoms with Gasteiger partial charge in [-0.1, -0.05) is 13.8 Å². The Morgan fingerprint density at radius 3 is 2.56 bits per heavy atom. The number of nitrogens with one attached hydrogen (secondary N) is 2. The number of ether oxygens (including phenoxy) is 2. The highest BCUT2D eigenvalue weighted by Crippen LogP contribution is 2.51. The van der Waals surface area contributed by atoms with Crippen molar-refractivity contribution in [1.82, 2.24) is 15.5 Å². The van der Waals surface area contributed by atoms with Gasteiger partial charge in [0.05, 0.1) is 6.10 Å². The van der Waals surface area contributed by atoms with Crippen LogP contribution in [-0.2, 0) is 9.47 Å². The maximum atomic E-state index is 6.06. The summed E-state index contributed by atoms with van der Waals surface area (Å²) in [4.78, 5) is 7.26. The molecule has 4 aliphatic rings. The molecule has 0 aromatic carbocycles. The van der Waals surface area contributed by atoms with Crippen LogP contribution in [0.3, 0.4) is 0 Å². The van der Waals surface area contributed by atoms with Crippen LogP contribution in [-0.4, -0.2) is 75.0 Å². The Balaban J connectivity index is 1.38. The van der Waals surface area contributed by atoms with Crippen LogP contribution in [0.25, 0.3) is 0 Å². The van der Waals surface area contributed by atoms with Crippen LogP contribution in [0, 0.1) is 11.3 Å². The Hall–Kier alpha value is -0.850. The fourth-order valence-electron chi connectivity index (χ4n) is 5.95. The first-order chi connectivity index (χ1) is 13.1. The summed E-state index contributed by atoms with van der Waals surface area (Å²) < 4.78 is 11.7. The molecule has 27 heavy (non-hydrogen) atoms. The van der Waals surface area contributed by atoms with Crippen molar-refractivity contribution in [2.45, 2.75) is 70.1 Å². The second kappa shape index (κ2) is 7.88. The number of rotatable bonds is 4. The third-order valence-electron chi connectivity index (χ3n) is 7.63. The molecule has 2 N–H and O–H groups in total. The van der Waals surface area contributed by atoms with Crippen molar-refractivity contribution in [3.63, 3.8) is 0 Å². The highest BCUT2D eigenvalue weighted by Gasteiger charge is 2.58. The average Bonchev–Trinajstić information content (AvgIpc) is 3.24. The predicted octanol–water partition coefficient (Wildman–Crippen LogP) is 2.00. The number of likely N-dealkylation sites (tertiary alicyclic amines) is 1. The molecular formula is C21H38N4O2. The quantitative estimate of drug-likeness (QED) is 0.579. The van der Waals surface area contributed by atoms with Gasteiger partial charge in [-0.2, -0.15) is 0 Å². The summed E-state index contributed by atoms with van der Waals surface area (Å²) in [7, 11) is 1.89. The molecule has 0 bridgehead atoms. The molecule has 3 atom stereocenters. The molecule has 154 valence electrons. The zero-order valence-electron chi connectivity index (χ0n) is 17.4. The largest absolute Gasteiger partial charge is 0.381 e. The maximum Gasteiger partial charge on any atom is 0.191 e. The summed E-state index contributed by atoms with van der Waals surface area (Å²) in [5.41, 5.74) is 0.381. The van der Waals surface area contributed by atoms with Gasteiger partial charge < -0.3 is 20.1 Å². The van der Waals surface area contributed by atoms with Gasteiger partial charge >= 0.3 is 0 Å². The number of guanidine groups is 1. The monoisotopic (exact) mass is 378 g/mol. The third-order valence-corrected chi connectivity index (χ3v) is 7.63. The van der Waals surface area contributed by atoms with Crippen LogP contribution in [0.5, 0.6) is 0 Å². The summed E-state index contributed by atoms with van der Waals surface area (Å²) in [5.74, 6) is 1.56. The second-order valence-electron chi connectivity index (χ2n) is 9.50. The number of hydrogen-bond donors (Lipinski definition) is 2. The van der Waals surface area contributed by atoms with E-state index in [-0.39, 0.29) is 11.0 Å². The topological polar surface area (TPSA) is 58.1 Å². The van der Waals surface area contributed by atoms with E-state index in [9.17, 15) is 0 Å². The van der Waals surface area contributed by atoms with E-state index in [1.54, 1.807) is 0 Å². The first kappa shape index (κ1) is 19.5. The minimum absolute atomic E-state index is 0.161. The maximum absolute atomic E-state index is 6.06. The smallest absolute Gasteiger partial charge is 0.191 e. The zero-order valence-corrected chi connectivity index (χ0v) is 17.4. The lowest BCUT2D eigenvalue weighted by molar-refractivity contribution is -0.188. The zero-order chi connectivity index (χ0) is 18.9. The number of hydrogen-bond acceptors (Lipinski definition) is 4. The standard InChI is InChI=1S/C21H38N4O2/c1-20(2)17(16-7-6-12-27-18(16)20)24-19(22-3)23-15-21(8-13-26-14-9-21)25-10-4-5-11-25/h16-18H,4-15H2,1-3H3,(H2,22,23,24). The lowest BCUT2D eigenvalue weighted by atomic mass is 9.55. The van der Waals surface area contributed by atoms with E-state index in [1.165, 1.54) is 38.8 Å². The fraction of sp³-hybridized carbons (Fsp3) is 0.952. The summed E-state index contributed by atoms with van der Waals surface area (Å²) in [6, 6.07) is 0.437. The van der Waals surface area contributed by atoms with E-state index >= 15 is 0 Å². The van der Waals surface area contributed by atoms with Crippen molar-refractivity contribution in [3.8, 4) is 0 Å². The van der Waals surface area contributed by atoms with E-state index < -0.39 is 0 Å². The van der Waals surface area contributed by atoms with Crippen molar-refractivity contribution in [2.75, 3.05) is 46.5 Å². The highest BCUT2D eigenvalue weighted by molar-refractivity contribution is 5.80. The van der Waals surface area contributed by atoms with Crippen LogP contribution in [0.4, 0.5) is 0 Å². The van der Waals surface area contributed by atoms with Gasteiger partial charge in [-0.25, -0.2) is 0 Å². The van der Waals surface area contributed by atoms with Crippen molar-refractivity contribution >= 4 is 5.96 Å². The molecule has 0 aromatic rings. The number of fused-ring (bicyclic) bond motifs is 1. The molecule has 0 aromatic heterocycles. The third kappa shape index (κ3) is 3.60. The Morgan fingerprint density at radius 1 is 1.11 bits per heavy atom. The molecule has 0 spiro atoms. The van der Waals surface area contributed by atoms with Crippen molar-refractivity contribution in [2.24, 2.45) is 16.3 Å². The molecule has 0 radical (unpaired) electrons. The normalized spacial score (nSPS) is 36.0. The molecule has 6 nitrogen and oxygen atoms in total. The summed E-state index contributed by atoms with van der Waals surface area (Å²) >= 11 is 0. The van der Waals surface area contributed by atoms with E-state index in [2.05, 4.69) is 34.4 Å². The van der Waals surface area contributed by atoms with Crippen LogP contribution >= 0.6 is 0 Å². The van der Waals surface area contributed by atoms with E-state index in [4.69, 9.17) is 9.47 Å². The Morgan fingerprint density at radius 2 is 1.85 bits per heavy atom. The molecule has 3 heterocycles. The second-order valence-corrected chi connectivity index (χ2v) is 9.50. The molecule has 4 rings (SSSR count). The molecule has 6 heteroatoms. The first-order valence-electron chi connectivity index (χ1n) is 11.0. The van der Waals surface area contributed by atoms with Crippen molar-refractivity contribution in [3.05, 3.63) is 0 Å². The Bertz CT molecular complexity index is 538. The van der Waals surface area contributed by atoms with Crippen molar-refractivity contribution < 1.29 is 9.47 Å². The molecule has 4 fully saturated rings. The van der Waals surface area contributed by atoms with E-state index in [0.717, 1.165) is 45.2 Å². The van der Waals surface area contributed by atoms with Gasteiger partial charge in [0, 0.05) is 56.3 Å². The van der Waals surface area contributed by atoms with Gasteiger partial charge in [-0.05, 0) is 51.6 Å². The summed E-state index contributed by atoms with van der Waals surface area (Å²) in [5, 5.41) is 7.44. The first-order valence-corrected chi connectivity index (χ1v) is 11.0. The predicted molar refractivity (Wildman–Crippen MR) is 108 cm³/mol. The van der Waals surface area contributed by atoms with Gasteiger partial charge in [0.2, 0.25) is 0 Å². The minimum Gasteiger partial charge on any atom is -0.381 e.